The summed E-state index contributed by atoms with van der Waals surface area (Å²) in [4.78, 5) is 11.0. The van der Waals surface area contributed by atoms with Gasteiger partial charge >= 0.3 is 5.97 Å². The Bertz CT molecular complexity index is 392. The number of aliphatic hydroxyl groups excluding tert-OH is 1. The number of aryl methyl sites for hydroxylation is 1. The van der Waals surface area contributed by atoms with Crippen LogP contribution in [-0.2, 0) is 4.74 Å². The fourth-order valence-corrected chi connectivity index (χ4v) is 1.55. The second-order valence-corrected chi connectivity index (χ2v) is 3.79. The molecule has 1 aromatic carbocycles. The van der Waals surface area contributed by atoms with Gasteiger partial charge in [0.05, 0.1) is 24.0 Å². The van der Waals surface area contributed by atoms with Gasteiger partial charge in [-0.05, 0) is 18.6 Å². The average Bonchev–Trinajstić information content (AvgIpc) is 2.27. The van der Waals surface area contributed by atoms with E-state index in [1.54, 1.807) is 6.07 Å². The Morgan fingerprint density at radius 1 is 1.53 bits per heavy atom. The molecule has 1 unspecified atom stereocenters. The maximum atomic E-state index is 11.0. The number of carbonyl (C=O) groups is 1. The Morgan fingerprint density at radius 2 is 2.24 bits per heavy atom. The van der Waals surface area contributed by atoms with E-state index < -0.39 is 12.1 Å². The van der Waals surface area contributed by atoms with E-state index in [2.05, 4.69) is 5.32 Å². The van der Waals surface area contributed by atoms with Crippen LogP contribution in [0.4, 0.5) is 5.69 Å². The smallest absolute Gasteiger partial charge is 0.337 e. The highest BCUT2D eigenvalue weighted by molar-refractivity contribution is 5.95. The normalized spacial score (nSPS) is 12.2. The first-order valence-corrected chi connectivity index (χ1v) is 5.30. The van der Waals surface area contributed by atoms with E-state index in [9.17, 15) is 9.90 Å². The van der Waals surface area contributed by atoms with E-state index in [1.807, 2.05) is 13.0 Å². The van der Waals surface area contributed by atoms with Crippen molar-refractivity contribution >= 4 is 11.7 Å². The molecular weight excluding hydrogens is 222 g/mol. The van der Waals surface area contributed by atoms with Crippen molar-refractivity contribution in [1.82, 2.24) is 0 Å². The third-order valence-corrected chi connectivity index (χ3v) is 2.38. The number of ether oxygens (including phenoxy) is 1. The van der Waals surface area contributed by atoms with E-state index in [-0.39, 0.29) is 18.7 Å². The Balaban J connectivity index is 2.79. The second-order valence-electron chi connectivity index (χ2n) is 3.79. The zero-order valence-corrected chi connectivity index (χ0v) is 9.93. The summed E-state index contributed by atoms with van der Waals surface area (Å²) in [5.74, 6) is -0.988. The summed E-state index contributed by atoms with van der Waals surface area (Å²) in [6.45, 7) is 2.28. The minimum atomic E-state index is -0.988. The first kappa shape index (κ1) is 13.5. The zero-order valence-electron chi connectivity index (χ0n) is 9.93. The van der Waals surface area contributed by atoms with Gasteiger partial charge in [0.25, 0.3) is 0 Å². The van der Waals surface area contributed by atoms with Crippen LogP contribution in [0.25, 0.3) is 0 Å². The van der Waals surface area contributed by atoms with Gasteiger partial charge in [0, 0.05) is 13.7 Å². The fraction of sp³-hybridized carbons (Fsp3) is 0.417. The summed E-state index contributed by atoms with van der Waals surface area (Å²) in [6, 6.07) is 5.04. The molecule has 5 nitrogen and oxygen atoms in total. The Morgan fingerprint density at radius 3 is 2.82 bits per heavy atom. The van der Waals surface area contributed by atoms with E-state index in [1.165, 1.54) is 13.2 Å². The van der Waals surface area contributed by atoms with Crippen LogP contribution in [0.3, 0.4) is 0 Å². The molecule has 0 saturated carbocycles. The number of aliphatic hydroxyl groups is 1. The molecule has 1 rings (SSSR count). The molecule has 5 heteroatoms. The number of hydrogen-bond acceptors (Lipinski definition) is 4. The standard InChI is InChI=1S/C12H17NO4/c1-8-4-3-5-10(12(15)16)11(8)13-6-9(14)7-17-2/h3-5,9,13-14H,6-7H2,1-2H3,(H,15,16). The summed E-state index contributed by atoms with van der Waals surface area (Å²) in [5, 5.41) is 21.5. The fourth-order valence-electron chi connectivity index (χ4n) is 1.55. The molecule has 0 aliphatic rings. The van der Waals surface area contributed by atoms with Crippen LogP contribution in [0.2, 0.25) is 0 Å². The molecule has 17 heavy (non-hydrogen) atoms. The SMILES string of the molecule is COCC(O)CNc1c(C)cccc1C(=O)O. The molecule has 0 saturated heterocycles. The third-order valence-electron chi connectivity index (χ3n) is 2.38. The van der Waals surface area contributed by atoms with Gasteiger partial charge in [-0.25, -0.2) is 4.79 Å². The van der Waals surface area contributed by atoms with Gasteiger partial charge < -0.3 is 20.3 Å². The molecule has 94 valence electrons. The van der Waals surface area contributed by atoms with Gasteiger partial charge in [0.2, 0.25) is 0 Å². The van der Waals surface area contributed by atoms with Crippen molar-refractivity contribution in [2.24, 2.45) is 0 Å². The van der Waals surface area contributed by atoms with Gasteiger partial charge in [-0.2, -0.15) is 0 Å². The predicted octanol–water partition coefficient (Wildman–Crippen LogP) is 1.11. The number of para-hydroxylation sites is 1. The van der Waals surface area contributed by atoms with Crippen LogP contribution in [-0.4, -0.2) is 42.5 Å². The number of aromatic carboxylic acids is 1. The molecule has 3 N–H and O–H groups in total. The van der Waals surface area contributed by atoms with E-state index in [0.29, 0.717) is 5.69 Å². The summed E-state index contributed by atoms with van der Waals surface area (Å²) in [6.07, 6.45) is -0.666. The maximum absolute atomic E-state index is 11.0. The number of carboxylic acid groups (broad SMARTS) is 1. The molecule has 0 bridgehead atoms. The van der Waals surface area contributed by atoms with Gasteiger partial charge in [-0.1, -0.05) is 12.1 Å². The first-order valence-electron chi connectivity index (χ1n) is 5.30. The Kier molecular flexibility index (Phi) is 4.93. The molecule has 0 heterocycles. The first-order chi connectivity index (χ1) is 8.06. The number of carboxylic acids is 1. The van der Waals surface area contributed by atoms with Crippen molar-refractivity contribution in [3.05, 3.63) is 29.3 Å². The lowest BCUT2D eigenvalue weighted by Crippen LogP contribution is -2.25. The van der Waals surface area contributed by atoms with Crippen LogP contribution in [0.15, 0.2) is 18.2 Å². The highest BCUT2D eigenvalue weighted by Crippen LogP contribution is 2.20. The molecule has 0 spiro atoms. The number of anilines is 1. The van der Waals surface area contributed by atoms with Gasteiger partial charge in [0.15, 0.2) is 0 Å². The number of benzene rings is 1. The van der Waals surface area contributed by atoms with E-state index in [0.717, 1.165) is 5.56 Å². The lowest BCUT2D eigenvalue weighted by Gasteiger charge is -2.15. The van der Waals surface area contributed by atoms with Crippen molar-refractivity contribution < 1.29 is 19.7 Å². The lowest BCUT2D eigenvalue weighted by atomic mass is 10.1. The Labute approximate surface area is 100 Å². The van der Waals surface area contributed by atoms with Crippen LogP contribution in [0.5, 0.6) is 0 Å². The molecular formula is C12H17NO4. The van der Waals surface area contributed by atoms with Crippen molar-refractivity contribution in [3.8, 4) is 0 Å². The van der Waals surface area contributed by atoms with Crippen molar-refractivity contribution in [3.63, 3.8) is 0 Å². The molecule has 0 radical (unpaired) electrons. The number of hydrogen-bond donors (Lipinski definition) is 3. The number of methoxy groups -OCH3 is 1. The molecule has 0 aliphatic heterocycles. The summed E-state index contributed by atoms with van der Waals surface area (Å²) in [7, 11) is 1.50. The van der Waals surface area contributed by atoms with Gasteiger partial charge in [-0.3, -0.25) is 0 Å². The minimum Gasteiger partial charge on any atom is -0.478 e. The van der Waals surface area contributed by atoms with Crippen molar-refractivity contribution in [2.45, 2.75) is 13.0 Å². The number of rotatable bonds is 6. The maximum Gasteiger partial charge on any atom is 0.337 e. The minimum absolute atomic E-state index is 0.203. The molecule has 0 aromatic heterocycles. The van der Waals surface area contributed by atoms with Crippen LogP contribution < -0.4 is 5.32 Å². The lowest BCUT2D eigenvalue weighted by molar-refractivity contribution is 0.0693. The summed E-state index contributed by atoms with van der Waals surface area (Å²) >= 11 is 0. The van der Waals surface area contributed by atoms with Crippen LogP contribution >= 0.6 is 0 Å². The Hall–Kier alpha value is -1.59. The highest BCUT2D eigenvalue weighted by Gasteiger charge is 2.12. The van der Waals surface area contributed by atoms with Gasteiger partial charge in [-0.15, -0.1) is 0 Å². The molecule has 0 fully saturated rings. The molecule has 1 aromatic rings. The summed E-state index contributed by atoms with van der Waals surface area (Å²) < 4.78 is 4.79. The largest absolute Gasteiger partial charge is 0.478 e. The van der Waals surface area contributed by atoms with Crippen LogP contribution in [0, 0.1) is 6.92 Å². The molecule has 1 atom stereocenters. The third kappa shape index (κ3) is 3.72. The average molecular weight is 239 g/mol. The monoisotopic (exact) mass is 239 g/mol. The molecule has 0 aliphatic carbocycles. The topological polar surface area (TPSA) is 78.8 Å². The predicted molar refractivity (Wildman–Crippen MR) is 64.5 cm³/mol. The summed E-state index contributed by atoms with van der Waals surface area (Å²) in [5.41, 5.74) is 1.57. The van der Waals surface area contributed by atoms with Crippen molar-refractivity contribution in [1.29, 1.82) is 0 Å². The van der Waals surface area contributed by atoms with Gasteiger partial charge in [0.1, 0.15) is 0 Å². The number of nitrogens with one attached hydrogen (secondary N) is 1. The second kappa shape index (κ2) is 6.22. The van der Waals surface area contributed by atoms with Crippen LogP contribution in [0.1, 0.15) is 15.9 Å². The van der Waals surface area contributed by atoms with E-state index in [4.69, 9.17) is 9.84 Å². The van der Waals surface area contributed by atoms with Crippen molar-refractivity contribution in [2.75, 3.05) is 25.6 Å². The van der Waals surface area contributed by atoms with E-state index >= 15 is 0 Å². The highest BCUT2D eigenvalue weighted by atomic mass is 16.5. The quantitative estimate of drug-likeness (QED) is 0.693. The molecule has 0 amide bonds. The zero-order chi connectivity index (χ0) is 12.8.